The number of benzene rings is 1. The van der Waals surface area contributed by atoms with Crippen LogP contribution in [0.15, 0.2) is 30.3 Å². The summed E-state index contributed by atoms with van der Waals surface area (Å²) in [4.78, 5) is 11.0. The molecule has 3 N–H and O–H groups in total. The smallest absolute Gasteiger partial charge is 0.320 e. The van der Waals surface area contributed by atoms with Crippen LogP contribution in [0, 0.1) is 0 Å². The predicted octanol–water partition coefficient (Wildman–Crippen LogP) is 1.66. The molecule has 0 fully saturated rings. The molecule has 0 spiro atoms. The third-order valence-electron chi connectivity index (χ3n) is 2.93. The van der Waals surface area contributed by atoms with E-state index >= 15 is 0 Å². The number of aliphatic hydroxyl groups is 1. The van der Waals surface area contributed by atoms with E-state index in [-0.39, 0.29) is 13.2 Å². The van der Waals surface area contributed by atoms with E-state index in [2.05, 4.69) is 5.32 Å². The number of nitrogens with one attached hydrogen (secondary N) is 1. The van der Waals surface area contributed by atoms with Crippen molar-refractivity contribution in [1.82, 2.24) is 5.32 Å². The predicted molar refractivity (Wildman–Crippen MR) is 76.9 cm³/mol. The Morgan fingerprint density at radius 2 is 2.05 bits per heavy atom. The normalized spacial score (nSPS) is 13.7. The average Bonchev–Trinajstić information content (AvgIpc) is 2.46. The number of aliphatic carboxylic acids is 1. The summed E-state index contributed by atoms with van der Waals surface area (Å²) in [7, 11) is 0. The molecule has 0 aliphatic rings. The maximum Gasteiger partial charge on any atom is 0.320 e. The highest BCUT2D eigenvalue weighted by atomic mass is 16.5. The zero-order valence-corrected chi connectivity index (χ0v) is 11.8. The van der Waals surface area contributed by atoms with E-state index in [1.165, 1.54) is 0 Å². The molecular formula is C15H23NO4. The van der Waals surface area contributed by atoms with Crippen molar-refractivity contribution in [2.45, 2.75) is 38.3 Å². The summed E-state index contributed by atoms with van der Waals surface area (Å²) in [5.41, 5.74) is 0. The van der Waals surface area contributed by atoms with E-state index in [4.69, 9.17) is 9.84 Å². The molecule has 0 saturated heterocycles. The summed E-state index contributed by atoms with van der Waals surface area (Å²) in [6.07, 6.45) is 1.63. The lowest BCUT2D eigenvalue weighted by molar-refractivity contribution is -0.139. The van der Waals surface area contributed by atoms with Gasteiger partial charge in [-0.2, -0.15) is 0 Å². The van der Waals surface area contributed by atoms with Crippen LogP contribution in [0.3, 0.4) is 0 Å². The minimum absolute atomic E-state index is 0.136. The number of carbonyl (C=O) groups is 1. The first kappa shape index (κ1) is 16.5. The van der Waals surface area contributed by atoms with Gasteiger partial charge in [0, 0.05) is 6.54 Å². The van der Waals surface area contributed by atoms with Crippen molar-refractivity contribution in [3.8, 4) is 5.75 Å². The van der Waals surface area contributed by atoms with Crippen molar-refractivity contribution in [2.24, 2.45) is 0 Å². The van der Waals surface area contributed by atoms with Crippen molar-refractivity contribution in [3.63, 3.8) is 0 Å². The summed E-state index contributed by atoms with van der Waals surface area (Å²) in [5.74, 6) is -0.193. The lowest BCUT2D eigenvalue weighted by Crippen LogP contribution is -2.42. The van der Waals surface area contributed by atoms with E-state index in [9.17, 15) is 9.90 Å². The first-order chi connectivity index (χ1) is 9.63. The van der Waals surface area contributed by atoms with Gasteiger partial charge in [0.2, 0.25) is 0 Å². The van der Waals surface area contributed by atoms with Crippen molar-refractivity contribution in [3.05, 3.63) is 30.3 Å². The molecule has 0 bridgehead atoms. The molecule has 0 amide bonds. The first-order valence-corrected chi connectivity index (χ1v) is 6.95. The van der Waals surface area contributed by atoms with Gasteiger partial charge in [-0.05, 0) is 18.6 Å². The van der Waals surface area contributed by atoms with E-state index in [1.54, 1.807) is 12.1 Å². The van der Waals surface area contributed by atoms with Gasteiger partial charge in [0.15, 0.2) is 0 Å². The molecule has 2 atom stereocenters. The molecule has 0 unspecified atom stereocenters. The molecule has 5 nitrogen and oxygen atoms in total. The van der Waals surface area contributed by atoms with Gasteiger partial charge in [-0.3, -0.25) is 4.79 Å². The van der Waals surface area contributed by atoms with Crippen LogP contribution in [0.1, 0.15) is 26.2 Å². The Labute approximate surface area is 119 Å². The Hall–Kier alpha value is -1.59. The fraction of sp³-hybridized carbons (Fsp3) is 0.533. The molecule has 5 heteroatoms. The second-order valence-electron chi connectivity index (χ2n) is 4.72. The van der Waals surface area contributed by atoms with Gasteiger partial charge in [0.25, 0.3) is 0 Å². The first-order valence-electron chi connectivity index (χ1n) is 6.95. The standard InChI is InChI=1S/C15H23NO4/c1-2-3-9-14(15(18)19)16-10-12(17)11-20-13-7-5-4-6-8-13/h4-8,12,14,16-17H,2-3,9-11H2,1H3,(H,18,19)/t12-,14+/m0/s1. The molecule has 0 aliphatic heterocycles. The fourth-order valence-corrected chi connectivity index (χ4v) is 1.77. The van der Waals surface area contributed by atoms with Crippen LogP contribution in [0.25, 0.3) is 0 Å². The second kappa shape index (κ2) is 9.34. The molecular weight excluding hydrogens is 258 g/mol. The fourth-order valence-electron chi connectivity index (χ4n) is 1.77. The number of unbranched alkanes of at least 4 members (excludes halogenated alkanes) is 1. The van der Waals surface area contributed by atoms with Crippen LogP contribution in [0.2, 0.25) is 0 Å². The SMILES string of the molecule is CCCC[C@@H](NC[C@H](O)COc1ccccc1)C(=O)O. The highest BCUT2D eigenvalue weighted by molar-refractivity contribution is 5.73. The minimum Gasteiger partial charge on any atom is -0.491 e. The molecule has 1 rings (SSSR count). The summed E-state index contributed by atoms with van der Waals surface area (Å²) < 4.78 is 5.40. The van der Waals surface area contributed by atoms with E-state index < -0.39 is 18.1 Å². The molecule has 20 heavy (non-hydrogen) atoms. The van der Waals surface area contributed by atoms with Crippen LogP contribution in [0.5, 0.6) is 5.75 Å². The number of carboxylic acid groups (broad SMARTS) is 1. The zero-order chi connectivity index (χ0) is 14.8. The maximum atomic E-state index is 11.0. The molecule has 0 aliphatic carbocycles. The van der Waals surface area contributed by atoms with Crippen LogP contribution >= 0.6 is 0 Å². The van der Waals surface area contributed by atoms with Crippen molar-refractivity contribution < 1.29 is 19.7 Å². The number of aliphatic hydroxyl groups excluding tert-OH is 1. The number of para-hydroxylation sites is 1. The molecule has 1 aromatic rings. The molecule has 0 aromatic heterocycles. The summed E-state index contributed by atoms with van der Waals surface area (Å²) in [5, 5.41) is 21.7. The van der Waals surface area contributed by atoms with Crippen LogP contribution in [0.4, 0.5) is 0 Å². The summed E-state index contributed by atoms with van der Waals surface area (Å²) in [6.45, 7) is 2.35. The van der Waals surface area contributed by atoms with Gasteiger partial charge in [-0.1, -0.05) is 38.0 Å². The Balaban J connectivity index is 2.27. The Morgan fingerprint density at radius 3 is 2.65 bits per heavy atom. The van der Waals surface area contributed by atoms with Gasteiger partial charge in [0.05, 0.1) is 0 Å². The van der Waals surface area contributed by atoms with Gasteiger partial charge in [-0.25, -0.2) is 0 Å². The third-order valence-corrected chi connectivity index (χ3v) is 2.93. The summed E-state index contributed by atoms with van der Waals surface area (Å²) >= 11 is 0. The Kier molecular flexibility index (Phi) is 7.69. The van der Waals surface area contributed by atoms with Gasteiger partial charge >= 0.3 is 5.97 Å². The average molecular weight is 281 g/mol. The lowest BCUT2D eigenvalue weighted by atomic mass is 10.1. The van der Waals surface area contributed by atoms with Crippen LogP contribution < -0.4 is 10.1 Å². The minimum atomic E-state index is -0.880. The lowest BCUT2D eigenvalue weighted by Gasteiger charge is -2.17. The van der Waals surface area contributed by atoms with Gasteiger partial charge in [-0.15, -0.1) is 0 Å². The Morgan fingerprint density at radius 1 is 1.35 bits per heavy atom. The second-order valence-corrected chi connectivity index (χ2v) is 4.72. The topological polar surface area (TPSA) is 78.8 Å². The monoisotopic (exact) mass is 281 g/mol. The maximum absolute atomic E-state index is 11.0. The van der Waals surface area contributed by atoms with E-state index in [0.29, 0.717) is 12.2 Å². The van der Waals surface area contributed by atoms with Crippen molar-refractivity contribution in [2.75, 3.05) is 13.2 Å². The number of ether oxygens (including phenoxy) is 1. The van der Waals surface area contributed by atoms with Crippen LogP contribution in [-0.4, -0.2) is 41.5 Å². The Bertz CT molecular complexity index is 383. The molecule has 1 aromatic carbocycles. The van der Waals surface area contributed by atoms with Crippen molar-refractivity contribution >= 4 is 5.97 Å². The molecule has 0 saturated carbocycles. The molecule has 0 radical (unpaired) electrons. The third kappa shape index (κ3) is 6.54. The molecule has 0 heterocycles. The number of rotatable bonds is 10. The van der Waals surface area contributed by atoms with E-state index in [1.807, 2.05) is 25.1 Å². The highest BCUT2D eigenvalue weighted by Crippen LogP contribution is 2.08. The van der Waals surface area contributed by atoms with Crippen molar-refractivity contribution in [1.29, 1.82) is 0 Å². The van der Waals surface area contributed by atoms with Gasteiger partial charge < -0.3 is 20.3 Å². The number of hydrogen-bond donors (Lipinski definition) is 3. The molecule has 112 valence electrons. The number of carboxylic acids is 1. The highest BCUT2D eigenvalue weighted by Gasteiger charge is 2.17. The van der Waals surface area contributed by atoms with E-state index in [0.717, 1.165) is 12.8 Å². The number of hydrogen-bond acceptors (Lipinski definition) is 4. The summed E-state index contributed by atoms with van der Waals surface area (Å²) in [6, 6.07) is 8.59. The van der Waals surface area contributed by atoms with Gasteiger partial charge in [0.1, 0.15) is 24.5 Å². The quantitative estimate of drug-likeness (QED) is 0.608. The zero-order valence-electron chi connectivity index (χ0n) is 11.8. The largest absolute Gasteiger partial charge is 0.491 e. The van der Waals surface area contributed by atoms with Crippen LogP contribution in [-0.2, 0) is 4.79 Å².